The van der Waals surface area contributed by atoms with Gasteiger partial charge in [0.05, 0.1) is 23.3 Å². The van der Waals surface area contributed by atoms with Crippen molar-refractivity contribution < 1.29 is 14.5 Å². The van der Waals surface area contributed by atoms with Gasteiger partial charge in [-0.15, -0.1) is 0 Å². The van der Waals surface area contributed by atoms with Crippen LogP contribution in [-0.4, -0.2) is 18.0 Å². The van der Waals surface area contributed by atoms with Crippen LogP contribution in [0.15, 0.2) is 36.4 Å². The molecule has 2 aromatic carbocycles. The van der Waals surface area contributed by atoms with E-state index in [0.717, 1.165) is 5.56 Å². The Morgan fingerprint density at radius 1 is 1.29 bits per heavy atom. The number of hydrogen-bond acceptors (Lipinski definition) is 5. The zero-order valence-electron chi connectivity index (χ0n) is 12.9. The molecule has 0 radical (unpaired) electrons. The zero-order valence-corrected chi connectivity index (χ0v) is 15.2. The van der Waals surface area contributed by atoms with E-state index >= 15 is 0 Å². The first-order valence-electron chi connectivity index (χ1n) is 6.90. The summed E-state index contributed by atoms with van der Waals surface area (Å²) in [4.78, 5) is 22.7. The van der Waals surface area contributed by atoms with Gasteiger partial charge in [-0.25, -0.2) is 4.79 Å². The second-order valence-corrected chi connectivity index (χ2v) is 6.77. The van der Waals surface area contributed by atoms with Crippen LogP contribution in [-0.2, 0) is 4.74 Å². The summed E-state index contributed by atoms with van der Waals surface area (Å²) in [6, 6.07) is 9.38. The van der Waals surface area contributed by atoms with Crippen LogP contribution in [0.4, 0.5) is 17.1 Å². The Morgan fingerprint density at radius 2 is 2.00 bits per heavy atom. The smallest absolute Gasteiger partial charge is 0.339 e. The van der Waals surface area contributed by atoms with Crippen LogP contribution >= 0.6 is 27.5 Å². The number of rotatable bonds is 5. The molecule has 2 aromatic rings. The zero-order chi connectivity index (χ0) is 17.9. The lowest BCUT2D eigenvalue weighted by atomic mass is 10.1. The van der Waals surface area contributed by atoms with Gasteiger partial charge < -0.3 is 10.1 Å². The molecule has 6 nitrogen and oxygen atoms in total. The molecule has 0 saturated carbocycles. The van der Waals surface area contributed by atoms with Crippen molar-refractivity contribution in [3.63, 3.8) is 0 Å². The monoisotopic (exact) mass is 412 g/mol. The minimum Gasteiger partial charge on any atom is -0.465 e. The first-order valence-corrected chi connectivity index (χ1v) is 8.20. The van der Waals surface area contributed by atoms with Gasteiger partial charge in [0.1, 0.15) is 5.69 Å². The predicted molar refractivity (Wildman–Crippen MR) is 96.5 cm³/mol. The third-order valence-electron chi connectivity index (χ3n) is 3.33. The van der Waals surface area contributed by atoms with Gasteiger partial charge in [-0.05, 0) is 36.8 Å². The molecule has 2 rings (SSSR count). The number of benzene rings is 2. The Labute approximate surface area is 152 Å². The summed E-state index contributed by atoms with van der Waals surface area (Å²) < 4.78 is 4.72. The minimum absolute atomic E-state index is 0.0259. The van der Waals surface area contributed by atoms with E-state index < -0.39 is 10.9 Å². The molecule has 0 spiro atoms. The van der Waals surface area contributed by atoms with Crippen LogP contribution in [0.3, 0.4) is 0 Å². The van der Waals surface area contributed by atoms with E-state index in [-0.39, 0.29) is 21.8 Å². The number of nitrogens with one attached hydrogen (secondary N) is 1. The van der Waals surface area contributed by atoms with Gasteiger partial charge in [0.15, 0.2) is 0 Å². The maximum absolute atomic E-state index is 11.9. The highest BCUT2D eigenvalue weighted by molar-refractivity contribution is 9.09. The van der Waals surface area contributed by atoms with Crippen molar-refractivity contribution in [2.45, 2.75) is 11.8 Å². The Kier molecular flexibility index (Phi) is 5.80. The molecule has 0 amide bonds. The lowest BCUT2D eigenvalue weighted by molar-refractivity contribution is -0.384. The fraction of sp³-hybridized carbons (Fsp3) is 0.188. The number of nitro groups is 1. The standard InChI is InChI=1S/C16H14BrClN2O4/c1-9(17)10-3-6-13(15(7-10)20(22)23)19-14-8-11(18)4-5-12(14)16(21)24-2/h3-9,19H,1-2H3. The lowest BCUT2D eigenvalue weighted by Crippen LogP contribution is -2.06. The van der Waals surface area contributed by atoms with Crippen LogP contribution in [0.1, 0.15) is 27.7 Å². The van der Waals surface area contributed by atoms with Gasteiger partial charge in [0.25, 0.3) is 5.69 Å². The average Bonchev–Trinajstić information content (AvgIpc) is 2.54. The van der Waals surface area contributed by atoms with Crippen molar-refractivity contribution in [1.82, 2.24) is 0 Å². The fourth-order valence-corrected chi connectivity index (χ4v) is 2.56. The molecule has 0 fully saturated rings. The second-order valence-electron chi connectivity index (χ2n) is 4.96. The van der Waals surface area contributed by atoms with E-state index in [0.29, 0.717) is 10.7 Å². The molecule has 0 aliphatic rings. The SMILES string of the molecule is COC(=O)c1ccc(Cl)cc1Nc1ccc(C(C)Br)cc1[N+](=O)[O-]. The van der Waals surface area contributed by atoms with Crippen molar-refractivity contribution in [3.8, 4) is 0 Å². The van der Waals surface area contributed by atoms with Gasteiger partial charge in [-0.2, -0.15) is 0 Å². The topological polar surface area (TPSA) is 81.5 Å². The summed E-state index contributed by atoms with van der Waals surface area (Å²) >= 11 is 9.35. The molecule has 126 valence electrons. The fourth-order valence-electron chi connectivity index (χ4n) is 2.11. The van der Waals surface area contributed by atoms with E-state index in [1.54, 1.807) is 18.2 Å². The summed E-state index contributed by atoms with van der Waals surface area (Å²) in [6.07, 6.45) is 0. The number of carbonyl (C=O) groups is 1. The Hall–Kier alpha value is -2.12. The molecule has 0 bridgehead atoms. The van der Waals surface area contributed by atoms with Crippen LogP contribution in [0.2, 0.25) is 5.02 Å². The molecule has 1 atom stereocenters. The average molecular weight is 414 g/mol. The molecule has 0 aliphatic carbocycles. The van der Waals surface area contributed by atoms with Crippen molar-refractivity contribution in [3.05, 3.63) is 62.7 Å². The summed E-state index contributed by atoms with van der Waals surface area (Å²) in [6.45, 7) is 1.87. The van der Waals surface area contributed by atoms with Gasteiger partial charge in [-0.3, -0.25) is 10.1 Å². The van der Waals surface area contributed by atoms with E-state index in [1.165, 1.54) is 25.3 Å². The van der Waals surface area contributed by atoms with Crippen molar-refractivity contribution in [1.29, 1.82) is 0 Å². The highest BCUT2D eigenvalue weighted by Gasteiger charge is 2.19. The molecule has 1 unspecified atom stereocenters. The lowest BCUT2D eigenvalue weighted by Gasteiger charge is -2.13. The number of anilines is 2. The third-order valence-corrected chi connectivity index (χ3v) is 4.10. The quantitative estimate of drug-likeness (QED) is 0.314. The molecule has 0 aromatic heterocycles. The van der Waals surface area contributed by atoms with Gasteiger partial charge in [-0.1, -0.05) is 33.6 Å². The van der Waals surface area contributed by atoms with Gasteiger partial charge >= 0.3 is 5.97 Å². The van der Waals surface area contributed by atoms with E-state index in [9.17, 15) is 14.9 Å². The maximum Gasteiger partial charge on any atom is 0.339 e. The van der Waals surface area contributed by atoms with E-state index in [2.05, 4.69) is 21.2 Å². The number of esters is 1. The highest BCUT2D eigenvalue weighted by atomic mass is 79.9. The van der Waals surface area contributed by atoms with Crippen LogP contribution in [0, 0.1) is 10.1 Å². The van der Waals surface area contributed by atoms with Crippen molar-refractivity contribution >= 4 is 50.6 Å². The normalized spacial score (nSPS) is 11.7. The maximum atomic E-state index is 11.9. The molecule has 0 aliphatic heterocycles. The van der Waals surface area contributed by atoms with E-state index in [1.807, 2.05) is 6.92 Å². The molecule has 24 heavy (non-hydrogen) atoms. The molecule has 8 heteroatoms. The molecule has 0 heterocycles. The Bertz CT molecular complexity index is 796. The van der Waals surface area contributed by atoms with Gasteiger partial charge in [0.2, 0.25) is 0 Å². The van der Waals surface area contributed by atoms with Crippen LogP contribution in [0.5, 0.6) is 0 Å². The molecular formula is C16H14BrClN2O4. The summed E-state index contributed by atoms with van der Waals surface area (Å²) in [5.74, 6) is -0.567. The Balaban J connectivity index is 2.50. The van der Waals surface area contributed by atoms with Crippen molar-refractivity contribution in [2.24, 2.45) is 0 Å². The molecule has 0 saturated heterocycles. The summed E-state index contributed by atoms with van der Waals surface area (Å²) in [7, 11) is 1.26. The number of carbonyl (C=O) groups excluding carboxylic acids is 1. The third kappa shape index (κ3) is 4.04. The summed E-state index contributed by atoms with van der Waals surface area (Å²) in [5, 5.41) is 14.7. The first kappa shape index (κ1) is 18.2. The Morgan fingerprint density at radius 3 is 2.58 bits per heavy atom. The number of ether oxygens (including phenoxy) is 1. The number of halogens is 2. The number of nitro benzene ring substituents is 1. The van der Waals surface area contributed by atoms with Crippen LogP contribution < -0.4 is 5.32 Å². The predicted octanol–water partition coefficient (Wildman–Crippen LogP) is 5.23. The number of nitrogens with zero attached hydrogens (tertiary/aromatic N) is 1. The molecular weight excluding hydrogens is 400 g/mol. The second kappa shape index (κ2) is 7.63. The molecule has 1 N–H and O–H groups in total. The van der Waals surface area contributed by atoms with E-state index in [4.69, 9.17) is 16.3 Å². The van der Waals surface area contributed by atoms with Gasteiger partial charge in [0, 0.05) is 15.9 Å². The number of hydrogen-bond donors (Lipinski definition) is 1. The largest absolute Gasteiger partial charge is 0.465 e. The summed E-state index contributed by atoms with van der Waals surface area (Å²) in [5.41, 5.74) is 1.48. The number of methoxy groups -OCH3 is 1. The van der Waals surface area contributed by atoms with Crippen LogP contribution in [0.25, 0.3) is 0 Å². The number of alkyl halides is 1. The minimum atomic E-state index is -0.567. The first-order chi connectivity index (χ1) is 11.3. The van der Waals surface area contributed by atoms with Crippen molar-refractivity contribution in [2.75, 3.05) is 12.4 Å². The highest BCUT2D eigenvalue weighted by Crippen LogP contribution is 2.34.